The van der Waals surface area contributed by atoms with Crippen LogP contribution in [0.5, 0.6) is 5.75 Å². The molecule has 0 fully saturated rings. The molecule has 0 bridgehead atoms. The van der Waals surface area contributed by atoms with Crippen LogP contribution >= 0.6 is 0 Å². The molecule has 20 heavy (non-hydrogen) atoms. The summed E-state index contributed by atoms with van der Waals surface area (Å²) < 4.78 is 42.4. The molecule has 0 aromatic heterocycles. The zero-order valence-corrected chi connectivity index (χ0v) is 10.9. The van der Waals surface area contributed by atoms with Crippen molar-refractivity contribution in [3.63, 3.8) is 0 Å². The molecular formula is C15H14F3NO. The summed E-state index contributed by atoms with van der Waals surface area (Å²) in [5.41, 5.74) is 7.42. The summed E-state index contributed by atoms with van der Waals surface area (Å²) in [7, 11) is 1.55. The van der Waals surface area contributed by atoms with Gasteiger partial charge in [-0.05, 0) is 35.7 Å². The number of rotatable bonds is 3. The van der Waals surface area contributed by atoms with Gasteiger partial charge in [0.05, 0.1) is 12.7 Å². The van der Waals surface area contributed by atoms with Gasteiger partial charge in [-0.1, -0.05) is 18.2 Å². The summed E-state index contributed by atoms with van der Waals surface area (Å²) in [6, 6.07) is 10.4. The lowest BCUT2D eigenvalue weighted by atomic mass is 10.0. The number of nitrogen functional groups attached to an aromatic ring is 1. The molecule has 0 aliphatic rings. The first kappa shape index (κ1) is 14.2. The van der Waals surface area contributed by atoms with Crippen molar-refractivity contribution in [3.8, 4) is 5.75 Å². The van der Waals surface area contributed by atoms with Crippen LogP contribution in [0.4, 0.5) is 18.9 Å². The topological polar surface area (TPSA) is 35.2 Å². The summed E-state index contributed by atoms with van der Waals surface area (Å²) in [5, 5.41) is 0. The Bertz CT molecular complexity index is 591. The molecule has 5 heteroatoms. The number of methoxy groups -OCH3 is 1. The van der Waals surface area contributed by atoms with Gasteiger partial charge in [0, 0.05) is 11.8 Å². The molecular weight excluding hydrogens is 267 g/mol. The number of hydrogen-bond donors (Lipinski definition) is 1. The summed E-state index contributed by atoms with van der Waals surface area (Å²) >= 11 is 0. The zero-order chi connectivity index (χ0) is 14.8. The smallest absolute Gasteiger partial charge is 0.416 e. The minimum Gasteiger partial charge on any atom is -0.497 e. The average Bonchev–Trinajstić information content (AvgIpc) is 2.40. The number of ether oxygens (including phenoxy) is 1. The van der Waals surface area contributed by atoms with Crippen molar-refractivity contribution in [1.29, 1.82) is 0 Å². The van der Waals surface area contributed by atoms with Crippen LogP contribution in [0.1, 0.15) is 16.7 Å². The van der Waals surface area contributed by atoms with Gasteiger partial charge in [-0.25, -0.2) is 0 Å². The van der Waals surface area contributed by atoms with E-state index in [4.69, 9.17) is 10.5 Å². The highest BCUT2D eigenvalue weighted by Gasteiger charge is 2.29. The number of anilines is 1. The highest BCUT2D eigenvalue weighted by atomic mass is 19.4. The lowest BCUT2D eigenvalue weighted by Crippen LogP contribution is -2.04. The Morgan fingerprint density at radius 2 is 1.70 bits per heavy atom. The molecule has 0 saturated heterocycles. The van der Waals surface area contributed by atoms with Crippen LogP contribution in [0.2, 0.25) is 0 Å². The average molecular weight is 281 g/mol. The van der Waals surface area contributed by atoms with Crippen LogP contribution in [0.3, 0.4) is 0 Å². The molecule has 0 saturated carbocycles. The van der Waals surface area contributed by atoms with E-state index < -0.39 is 11.7 Å². The van der Waals surface area contributed by atoms with Gasteiger partial charge in [0.1, 0.15) is 5.75 Å². The molecule has 0 aliphatic heterocycles. The Hall–Kier alpha value is -2.17. The van der Waals surface area contributed by atoms with E-state index in [9.17, 15) is 13.2 Å². The molecule has 2 nitrogen and oxygen atoms in total. The van der Waals surface area contributed by atoms with Crippen molar-refractivity contribution in [2.45, 2.75) is 12.6 Å². The van der Waals surface area contributed by atoms with Gasteiger partial charge in [0.15, 0.2) is 0 Å². The van der Waals surface area contributed by atoms with E-state index in [1.54, 1.807) is 19.2 Å². The molecule has 0 unspecified atom stereocenters. The van der Waals surface area contributed by atoms with Crippen molar-refractivity contribution in [2.75, 3.05) is 12.8 Å². The quantitative estimate of drug-likeness (QED) is 0.866. The third-order valence-electron chi connectivity index (χ3n) is 3.03. The van der Waals surface area contributed by atoms with Crippen LogP contribution in [-0.2, 0) is 12.6 Å². The lowest BCUT2D eigenvalue weighted by molar-refractivity contribution is -0.137. The first-order valence-corrected chi connectivity index (χ1v) is 5.98. The van der Waals surface area contributed by atoms with Crippen molar-refractivity contribution in [1.82, 2.24) is 0 Å². The van der Waals surface area contributed by atoms with Crippen molar-refractivity contribution >= 4 is 5.69 Å². The lowest BCUT2D eigenvalue weighted by Gasteiger charge is -2.10. The second-order valence-corrected chi connectivity index (χ2v) is 4.44. The van der Waals surface area contributed by atoms with E-state index in [1.165, 1.54) is 12.1 Å². The monoisotopic (exact) mass is 281 g/mol. The van der Waals surface area contributed by atoms with Gasteiger partial charge in [0.2, 0.25) is 0 Å². The number of benzene rings is 2. The minimum atomic E-state index is -4.31. The predicted octanol–water partition coefficient (Wildman–Crippen LogP) is 3.89. The van der Waals surface area contributed by atoms with E-state index in [0.717, 1.165) is 23.3 Å². The second kappa shape index (κ2) is 5.45. The number of alkyl halides is 3. The fourth-order valence-corrected chi connectivity index (χ4v) is 1.89. The molecule has 2 rings (SSSR count). The molecule has 106 valence electrons. The SMILES string of the molecule is COc1ccc(Cc2ccc(C(F)(F)F)cc2)c(N)c1. The highest BCUT2D eigenvalue weighted by molar-refractivity contribution is 5.53. The van der Waals surface area contributed by atoms with Crippen molar-refractivity contribution < 1.29 is 17.9 Å². The van der Waals surface area contributed by atoms with Gasteiger partial charge < -0.3 is 10.5 Å². The Labute approximate surface area is 115 Å². The summed E-state index contributed by atoms with van der Waals surface area (Å²) in [5.74, 6) is 0.652. The summed E-state index contributed by atoms with van der Waals surface area (Å²) in [6.07, 6.45) is -3.83. The first-order valence-electron chi connectivity index (χ1n) is 5.98. The van der Waals surface area contributed by atoms with Crippen LogP contribution in [0.15, 0.2) is 42.5 Å². The van der Waals surface area contributed by atoms with Crippen LogP contribution in [0, 0.1) is 0 Å². The van der Waals surface area contributed by atoms with Crippen molar-refractivity contribution in [3.05, 3.63) is 59.2 Å². The van der Waals surface area contributed by atoms with Gasteiger partial charge in [-0.3, -0.25) is 0 Å². The number of nitrogens with two attached hydrogens (primary N) is 1. The van der Waals surface area contributed by atoms with Gasteiger partial charge in [0.25, 0.3) is 0 Å². The van der Waals surface area contributed by atoms with Crippen LogP contribution in [0.25, 0.3) is 0 Å². The number of halogens is 3. The van der Waals surface area contributed by atoms with Gasteiger partial charge in [-0.15, -0.1) is 0 Å². The Balaban J connectivity index is 2.18. The van der Waals surface area contributed by atoms with Crippen molar-refractivity contribution in [2.24, 2.45) is 0 Å². The molecule has 0 amide bonds. The third kappa shape index (κ3) is 3.23. The fraction of sp³-hybridized carbons (Fsp3) is 0.200. The Kier molecular flexibility index (Phi) is 3.88. The fourth-order valence-electron chi connectivity index (χ4n) is 1.89. The normalized spacial score (nSPS) is 11.4. The minimum absolute atomic E-state index is 0.480. The maximum absolute atomic E-state index is 12.5. The Morgan fingerprint density at radius 1 is 1.05 bits per heavy atom. The van der Waals surface area contributed by atoms with E-state index in [1.807, 2.05) is 6.07 Å². The van der Waals surface area contributed by atoms with E-state index >= 15 is 0 Å². The zero-order valence-electron chi connectivity index (χ0n) is 10.9. The molecule has 0 aliphatic carbocycles. The largest absolute Gasteiger partial charge is 0.497 e. The molecule has 0 radical (unpaired) electrons. The highest BCUT2D eigenvalue weighted by Crippen LogP contribution is 2.30. The molecule has 0 spiro atoms. The van der Waals surface area contributed by atoms with Crippen LogP contribution < -0.4 is 10.5 Å². The van der Waals surface area contributed by atoms with Gasteiger partial charge in [-0.2, -0.15) is 13.2 Å². The molecule has 0 atom stereocenters. The van der Waals surface area contributed by atoms with Gasteiger partial charge >= 0.3 is 6.18 Å². The molecule has 2 aromatic rings. The van der Waals surface area contributed by atoms with E-state index in [0.29, 0.717) is 17.9 Å². The predicted molar refractivity (Wildman–Crippen MR) is 71.7 cm³/mol. The molecule has 2 N–H and O–H groups in total. The van der Waals surface area contributed by atoms with Crippen LogP contribution in [-0.4, -0.2) is 7.11 Å². The second-order valence-electron chi connectivity index (χ2n) is 4.44. The Morgan fingerprint density at radius 3 is 2.20 bits per heavy atom. The van der Waals surface area contributed by atoms with E-state index in [-0.39, 0.29) is 0 Å². The summed E-state index contributed by atoms with van der Waals surface area (Å²) in [4.78, 5) is 0. The molecule has 2 aromatic carbocycles. The maximum Gasteiger partial charge on any atom is 0.416 e. The standard InChI is InChI=1S/C15H14F3NO/c1-20-13-7-4-11(14(19)9-13)8-10-2-5-12(6-3-10)15(16,17)18/h2-7,9H,8,19H2,1H3. The maximum atomic E-state index is 12.5. The number of hydrogen-bond acceptors (Lipinski definition) is 2. The first-order chi connectivity index (χ1) is 9.40. The summed E-state index contributed by atoms with van der Waals surface area (Å²) in [6.45, 7) is 0. The van der Waals surface area contributed by atoms with E-state index in [2.05, 4.69) is 0 Å². The molecule has 0 heterocycles. The third-order valence-corrected chi connectivity index (χ3v) is 3.03.